The Labute approximate surface area is 126 Å². The maximum Gasteiger partial charge on any atom is 0.262 e. The number of para-hydroxylation sites is 1. The molecule has 0 aromatic heterocycles. The maximum atomic E-state index is 13.5. The van der Waals surface area contributed by atoms with E-state index in [2.05, 4.69) is 20.7 Å². The molecule has 0 spiro atoms. The van der Waals surface area contributed by atoms with Gasteiger partial charge in [-0.3, -0.25) is 4.72 Å². The topological polar surface area (TPSA) is 46.2 Å². The summed E-state index contributed by atoms with van der Waals surface area (Å²) in [6.07, 6.45) is 0. The molecule has 0 aliphatic rings. The Bertz CT molecular complexity index is 760. The zero-order chi connectivity index (χ0) is 14.9. The van der Waals surface area contributed by atoms with Crippen LogP contribution in [0.15, 0.2) is 45.8 Å². The Kier molecular flexibility index (Phi) is 4.15. The molecule has 0 bridgehead atoms. The van der Waals surface area contributed by atoms with Gasteiger partial charge >= 0.3 is 0 Å². The third-order valence-electron chi connectivity index (χ3n) is 2.86. The van der Waals surface area contributed by atoms with Crippen LogP contribution in [0.5, 0.6) is 0 Å². The normalized spacial score (nSPS) is 11.4. The highest BCUT2D eigenvalue weighted by Crippen LogP contribution is 2.26. The zero-order valence-corrected chi connectivity index (χ0v) is 13.3. The number of nitrogens with one attached hydrogen (secondary N) is 1. The lowest BCUT2D eigenvalue weighted by atomic mass is 10.2. The van der Waals surface area contributed by atoms with E-state index in [1.807, 2.05) is 6.92 Å². The van der Waals surface area contributed by atoms with Crippen LogP contribution in [0.25, 0.3) is 0 Å². The summed E-state index contributed by atoms with van der Waals surface area (Å²) in [5.41, 5.74) is 1.48. The molecule has 0 saturated heterocycles. The van der Waals surface area contributed by atoms with Gasteiger partial charge in [-0.1, -0.05) is 34.1 Å². The van der Waals surface area contributed by atoms with Gasteiger partial charge in [-0.15, -0.1) is 0 Å². The van der Waals surface area contributed by atoms with Crippen LogP contribution in [0.4, 0.5) is 10.1 Å². The number of hydrogen-bond donors (Lipinski definition) is 1. The van der Waals surface area contributed by atoms with Gasteiger partial charge in [0.15, 0.2) is 0 Å². The van der Waals surface area contributed by atoms with Crippen LogP contribution < -0.4 is 4.72 Å². The van der Waals surface area contributed by atoms with E-state index in [0.29, 0.717) is 10.0 Å². The van der Waals surface area contributed by atoms with E-state index in [1.54, 1.807) is 19.1 Å². The lowest BCUT2D eigenvalue weighted by Crippen LogP contribution is -2.15. The lowest BCUT2D eigenvalue weighted by molar-refractivity contribution is 0.598. The minimum Gasteiger partial charge on any atom is -0.277 e. The molecule has 20 heavy (non-hydrogen) atoms. The number of benzene rings is 2. The predicted molar refractivity (Wildman–Crippen MR) is 80.8 cm³/mol. The number of rotatable bonds is 3. The van der Waals surface area contributed by atoms with Crippen molar-refractivity contribution in [2.75, 3.05) is 4.72 Å². The fourth-order valence-corrected chi connectivity index (χ4v) is 3.66. The Morgan fingerprint density at radius 3 is 2.40 bits per heavy atom. The number of sulfonamides is 1. The second kappa shape index (κ2) is 5.54. The van der Waals surface area contributed by atoms with Gasteiger partial charge in [0.2, 0.25) is 0 Å². The number of aryl methyl sites for hydroxylation is 2. The number of anilines is 1. The van der Waals surface area contributed by atoms with Crippen LogP contribution in [0.1, 0.15) is 11.1 Å². The molecule has 3 nitrogen and oxygen atoms in total. The summed E-state index contributed by atoms with van der Waals surface area (Å²) < 4.78 is 41.2. The third-order valence-corrected chi connectivity index (χ3v) is 5.23. The molecule has 2 aromatic rings. The predicted octanol–water partition coefficient (Wildman–Crippen LogP) is 4.01. The second-order valence-electron chi connectivity index (χ2n) is 4.45. The van der Waals surface area contributed by atoms with E-state index in [4.69, 9.17) is 0 Å². The van der Waals surface area contributed by atoms with Crippen molar-refractivity contribution in [2.24, 2.45) is 0 Å². The highest BCUT2D eigenvalue weighted by molar-refractivity contribution is 9.10. The monoisotopic (exact) mass is 357 g/mol. The summed E-state index contributed by atoms with van der Waals surface area (Å²) in [6.45, 7) is 3.58. The Morgan fingerprint density at radius 1 is 1.10 bits per heavy atom. The van der Waals surface area contributed by atoms with Crippen molar-refractivity contribution in [3.05, 3.63) is 57.8 Å². The molecular formula is C14H13BrFNO2S. The summed E-state index contributed by atoms with van der Waals surface area (Å²) in [4.78, 5) is 0.123. The van der Waals surface area contributed by atoms with Gasteiger partial charge in [0.05, 0.1) is 10.6 Å². The molecule has 0 atom stereocenters. The Morgan fingerprint density at radius 2 is 1.75 bits per heavy atom. The van der Waals surface area contributed by atoms with Gasteiger partial charge in [0, 0.05) is 4.47 Å². The molecule has 0 fully saturated rings. The minimum absolute atomic E-state index is 0.0661. The largest absolute Gasteiger partial charge is 0.277 e. The first-order valence-corrected chi connectivity index (χ1v) is 8.13. The van der Waals surface area contributed by atoms with Crippen molar-refractivity contribution in [3.8, 4) is 0 Å². The van der Waals surface area contributed by atoms with Crippen molar-refractivity contribution in [1.29, 1.82) is 0 Å². The van der Waals surface area contributed by atoms with Gasteiger partial charge in [0.1, 0.15) is 5.82 Å². The second-order valence-corrected chi connectivity index (χ2v) is 6.96. The van der Waals surface area contributed by atoms with Gasteiger partial charge < -0.3 is 0 Å². The molecule has 0 saturated carbocycles. The van der Waals surface area contributed by atoms with E-state index < -0.39 is 15.8 Å². The highest BCUT2D eigenvalue weighted by Gasteiger charge is 2.19. The molecule has 1 N–H and O–H groups in total. The molecule has 0 heterocycles. The van der Waals surface area contributed by atoms with Crippen LogP contribution in [0.2, 0.25) is 0 Å². The van der Waals surface area contributed by atoms with Crippen LogP contribution in [-0.2, 0) is 10.0 Å². The summed E-state index contributed by atoms with van der Waals surface area (Å²) in [5.74, 6) is -0.611. The van der Waals surface area contributed by atoms with Gasteiger partial charge in [0.25, 0.3) is 10.0 Å². The molecule has 0 aliphatic carbocycles. The molecule has 0 unspecified atom stereocenters. The van der Waals surface area contributed by atoms with Crippen molar-refractivity contribution in [1.82, 2.24) is 0 Å². The standard InChI is InChI=1S/C14H13BrFNO2S/c1-9-7-10(2)14(8-11(9)15)20(18,19)17-13-6-4-3-5-12(13)16/h3-8,17H,1-2H3. The number of hydrogen-bond acceptors (Lipinski definition) is 2. The fourth-order valence-electron chi connectivity index (χ4n) is 1.84. The first-order chi connectivity index (χ1) is 9.31. The van der Waals surface area contributed by atoms with Gasteiger partial charge in [-0.25, -0.2) is 12.8 Å². The van der Waals surface area contributed by atoms with E-state index in [1.165, 1.54) is 24.3 Å². The smallest absolute Gasteiger partial charge is 0.262 e. The average molecular weight is 358 g/mol. The van der Waals surface area contributed by atoms with E-state index in [9.17, 15) is 12.8 Å². The molecule has 2 aromatic carbocycles. The quantitative estimate of drug-likeness (QED) is 0.901. The van der Waals surface area contributed by atoms with Crippen molar-refractivity contribution >= 4 is 31.6 Å². The fraction of sp³-hybridized carbons (Fsp3) is 0.143. The SMILES string of the molecule is Cc1cc(C)c(S(=O)(=O)Nc2ccccc2F)cc1Br. The van der Waals surface area contributed by atoms with Crippen LogP contribution in [0.3, 0.4) is 0 Å². The molecule has 0 radical (unpaired) electrons. The van der Waals surface area contributed by atoms with Crippen molar-refractivity contribution < 1.29 is 12.8 Å². The van der Waals surface area contributed by atoms with E-state index in [0.717, 1.165) is 5.56 Å². The van der Waals surface area contributed by atoms with E-state index in [-0.39, 0.29) is 10.6 Å². The summed E-state index contributed by atoms with van der Waals surface area (Å²) >= 11 is 3.31. The highest BCUT2D eigenvalue weighted by atomic mass is 79.9. The summed E-state index contributed by atoms with van der Waals surface area (Å²) in [6, 6.07) is 8.94. The molecular weight excluding hydrogens is 345 g/mol. The van der Waals surface area contributed by atoms with Crippen LogP contribution >= 0.6 is 15.9 Å². The van der Waals surface area contributed by atoms with E-state index >= 15 is 0 Å². The molecule has 106 valence electrons. The molecule has 0 aliphatic heterocycles. The first-order valence-electron chi connectivity index (χ1n) is 5.85. The van der Waals surface area contributed by atoms with Crippen molar-refractivity contribution in [2.45, 2.75) is 18.7 Å². The number of halogens is 2. The Balaban J connectivity index is 2.47. The van der Waals surface area contributed by atoms with Gasteiger partial charge in [-0.2, -0.15) is 0 Å². The Hall–Kier alpha value is -1.40. The van der Waals surface area contributed by atoms with Gasteiger partial charge in [-0.05, 0) is 43.2 Å². The molecule has 2 rings (SSSR count). The van der Waals surface area contributed by atoms with Crippen molar-refractivity contribution in [3.63, 3.8) is 0 Å². The van der Waals surface area contributed by atoms with Crippen LogP contribution in [0, 0.1) is 19.7 Å². The maximum absolute atomic E-state index is 13.5. The molecule has 0 amide bonds. The first kappa shape index (κ1) is 15.0. The lowest BCUT2D eigenvalue weighted by Gasteiger charge is -2.12. The summed E-state index contributed by atoms with van der Waals surface area (Å²) in [7, 11) is -3.83. The molecule has 6 heteroatoms. The third kappa shape index (κ3) is 3.02. The summed E-state index contributed by atoms with van der Waals surface area (Å²) in [5, 5.41) is 0. The van der Waals surface area contributed by atoms with Crippen LogP contribution in [-0.4, -0.2) is 8.42 Å². The average Bonchev–Trinajstić information content (AvgIpc) is 2.36. The minimum atomic E-state index is -3.83. The zero-order valence-electron chi connectivity index (χ0n) is 10.9.